The minimum absolute atomic E-state index is 0.228. The van der Waals surface area contributed by atoms with Crippen molar-refractivity contribution in [3.63, 3.8) is 0 Å². The summed E-state index contributed by atoms with van der Waals surface area (Å²) in [6, 6.07) is 13.3. The first kappa shape index (κ1) is 15.7. The molecule has 1 heterocycles. The molecule has 2 nitrogen and oxygen atoms in total. The molecule has 2 heteroatoms. The van der Waals surface area contributed by atoms with Crippen molar-refractivity contribution in [1.29, 1.82) is 0 Å². The second kappa shape index (κ2) is 7.94. The van der Waals surface area contributed by atoms with Crippen molar-refractivity contribution in [1.82, 2.24) is 10.3 Å². The topological polar surface area (TPSA) is 24.9 Å². The van der Waals surface area contributed by atoms with E-state index >= 15 is 0 Å². The van der Waals surface area contributed by atoms with E-state index in [2.05, 4.69) is 61.4 Å². The lowest BCUT2D eigenvalue weighted by Crippen LogP contribution is -2.23. The average molecular weight is 282 g/mol. The molecule has 0 aliphatic heterocycles. The van der Waals surface area contributed by atoms with Crippen molar-refractivity contribution in [2.45, 2.75) is 39.7 Å². The SMILES string of the molecule is CCCNC(c1cccnc1)c1cccc(CC(C)C)c1. The minimum atomic E-state index is 0.228. The van der Waals surface area contributed by atoms with Gasteiger partial charge in [-0.15, -0.1) is 0 Å². The molecule has 1 N–H and O–H groups in total. The first-order chi connectivity index (χ1) is 10.2. The summed E-state index contributed by atoms with van der Waals surface area (Å²) in [6.45, 7) is 7.73. The first-order valence-corrected chi connectivity index (χ1v) is 7.92. The average Bonchev–Trinajstić information content (AvgIpc) is 2.48. The summed E-state index contributed by atoms with van der Waals surface area (Å²) in [5.74, 6) is 0.681. The molecule has 0 amide bonds. The molecule has 21 heavy (non-hydrogen) atoms. The molecule has 0 spiro atoms. The molecule has 0 radical (unpaired) electrons. The largest absolute Gasteiger partial charge is 0.306 e. The summed E-state index contributed by atoms with van der Waals surface area (Å²) in [5, 5.41) is 3.64. The predicted molar refractivity (Wildman–Crippen MR) is 89.4 cm³/mol. The molecule has 2 aromatic rings. The van der Waals surface area contributed by atoms with Gasteiger partial charge in [0.1, 0.15) is 0 Å². The molecule has 1 unspecified atom stereocenters. The molecule has 2 rings (SSSR count). The second-order valence-corrected chi connectivity index (χ2v) is 6.02. The maximum absolute atomic E-state index is 4.27. The van der Waals surface area contributed by atoms with Crippen LogP contribution in [-0.2, 0) is 6.42 Å². The van der Waals surface area contributed by atoms with Crippen LogP contribution >= 0.6 is 0 Å². The van der Waals surface area contributed by atoms with Gasteiger partial charge >= 0.3 is 0 Å². The Morgan fingerprint density at radius 2 is 1.90 bits per heavy atom. The van der Waals surface area contributed by atoms with E-state index in [4.69, 9.17) is 0 Å². The molecule has 1 aromatic heterocycles. The zero-order valence-corrected chi connectivity index (χ0v) is 13.3. The molecule has 0 fully saturated rings. The lowest BCUT2D eigenvalue weighted by atomic mass is 9.95. The summed E-state index contributed by atoms with van der Waals surface area (Å²) in [6.07, 6.45) is 6.04. The van der Waals surface area contributed by atoms with Crippen molar-refractivity contribution in [3.05, 3.63) is 65.5 Å². The number of nitrogens with zero attached hydrogens (tertiary/aromatic N) is 1. The highest BCUT2D eigenvalue weighted by molar-refractivity contribution is 5.33. The number of pyridine rings is 1. The van der Waals surface area contributed by atoms with Crippen LogP contribution < -0.4 is 5.32 Å². The predicted octanol–water partition coefficient (Wildman–Crippen LogP) is 4.37. The Bertz CT molecular complexity index is 534. The van der Waals surface area contributed by atoms with Gasteiger partial charge in [0.05, 0.1) is 6.04 Å². The summed E-state index contributed by atoms with van der Waals surface area (Å²) in [4.78, 5) is 4.27. The first-order valence-electron chi connectivity index (χ1n) is 7.92. The van der Waals surface area contributed by atoms with Crippen LogP contribution in [0.3, 0.4) is 0 Å². The molecule has 112 valence electrons. The van der Waals surface area contributed by atoms with E-state index in [1.807, 2.05) is 18.5 Å². The number of aromatic nitrogens is 1. The van der Waals surface area contributed by atoms with Crippen LogP contribution in [0.5, 0.6) is 0 Å². The van der Waals surface area contributed by atoms with Crippen LogP contribution in [0.4, 0.5) is 0 Å². The molecular weight excluding hydrogens is 256 g/mol. The molecule has 0 aliphatic rings. The Kier molecular flexibility index (Phi) is 5.94. The Morgan fingerprint density at radius 1 is 1.10 bits per heavy atom. The van der Waals surface area contributed by atoms with Crippen LogP contribution in [0.2, 0.25) is 0 Å². The van der Waals surface area contributed by atoms with E-state index in [9.17, 15) is 0 Å². The lowest BCUT2D eigenvalue weighted by Gasteiger charge is -2.20. The highest BCUT2D eigenvalue weighted by atomic mass is 14.9. The molecule has 0 aliphatic carbocycles. The van der Waals surface area contributed by atoms with Crippen molar-refractivity contribution in [2.75, 3.05) is 6.54 Å². The highest BCUT2D eigenvalue weighted by Gasteiger charge is 2.13. The van der Waals surface area contributed by atoms with Crippen LogP contribution in [0.1, 0.15) is 49.9 Å². The zero-order chi connectivity index (χ0) is 15.1. The number of hydrogen-bond donors (Lipinski definition) is 1. The van der Waals surface area contributed by atoms with E-state index < -0.39 is 0 Å². The fourth-order valence-corrected chi connectivity index (χ4v) is 2.63. The number of nitrogens with one attached hydrogen (secondary N) is 1. The van der Waals surface area contributed by atoms with E-state index in [-0.39, 0.29) is 6.04 Å². The van der Waals surface area contributed by atoms with E-state index in [1.165, 1.54) is 16.7 Å². The third-order valence-corrected chi connectivity index (χ3v) is 3.54. The smallest absolute Gasteiger partial charge is 0.0592 e. The normalized spacial score (nSPS) is 12.6. The van der Waals surface area contributed by atoms with Crippen LogP contribution in [0, 0.1) is 5.92 Å². The monoisotopic (exact) mass is 282 g/mol. The number of hydrogen-bond acceptors (Lipinski definition) is 2. The van der Waals surface area contributed by atoms with Gasteiger partial charge in [0.15, 0.2) is 0 Å². The zero-order valence-electron chi connectivity index (χ0n) is 13.3. The Balaban J connectivity index is 2.28. The molecule has 1 atom stereocenters. The van der Waals surface area contributed by atoms with Gasteiger partial charge in [-0.25, -0.2) is 0 Å². The van der Waals surface area contributed by atoms with E-state index in [1.54, 1.807) is 0 Å². The third-order valence-electron chi connectivity index (χ3n) is 3.54. The van der Waals surface area contributed by atoms with Gasteiger partial charge in [-0.05, 0) is 48.1 Å². The fourth-order valence-electron chi connectivity index (χ4n) is 2.63. The summed E-state index contributed by atoms with van der Waals surface area (Å²) in [7, 11) is 0. The maximum atomic E-state index is 4.27. The number of benzene rings is 1. The van der Waals surface area contributed by atoms with E-state index in [0.29, 0.717) is 5.92 Å². The number of rotatable bonds is 7. The fraction of sp³-hybridized carbons (Fsp3) is 0.421. The van der Waals surface area contributed by atoms with Gasteiger partial charge in [0.25, 0.3) is 0 Å². The summed E-state index contributed by atoms with van der Waals surface area (Å²) < 4.78 is 0. The molecule has 0 saturated carbocycles. The maximum Gasteiger partial charge on any atom is 0.0592 e. The van der Waals surface area contributed by atoms with Gasteiger partial charge in [0, 0.05) is 12.4 Å². The second-order valence-electron chi connectivity index (χ2n) is 6.02. The van der Waals surface area contributed by atoms with Gasteiger partial charge < -0.3 is 5.32 Å². The van der Waals surface area contributed by atoms with Crippen molar-refractivity contribution in [3.8, 4) is 0 Å². The van der Waals surface area contributed by atoms with Gasteiger partial charge in [-0.1, -0.05) is 51.1 Å². The molecule has 1 aromatic carbocycles. The lowest BCUT2D eigenvalue weighted by molar-refractivity contribution is 0.594. The molecule has 0 bridgehead atoms. The minimum Gasteiger partial charge on any atom is -0.306 e. The molecule has 0 saturated heterocycles. The Morgan fingerprint density at radius 3 is 2.57 bits per heavy atom. The van der Waals surface area contributed by atoms with Crippen LogP contribution in [0.25, 0.3) is 0 Å². The van der Waals surface area contributed by atoms with Gasteiger partial charge in [0.2, 0.25) is 0 Å². The van der Waals surface area contributed by atoms with Crippen molar-refractivity contribution >= 4 is 0 Å². The van der Waals surface area contributed by atoms with Gasteiger partial charge in [-0.2, -0.15) is 0 Å². The standard InChI is InChI=1S/C19H26N2/c1-4-10-21-19(18-9-6-11-20-14-18)17-8-5-7-16(13-17)12-15(2)3/h5-9,11,13-15,19,21H,4,10,12H2,1-3H3. The van der Waals surface area contributed by atoms with Crippen molar-refractivity contribution < 1.29 is 0 Å². The van der Waals surface area contributed by atoms with E-state index in [0.717, 1.165) is 19.4 Å². The van der Waals surface area contributed by atoms with Crippen LogP contribution in [-0.4, -0.2) is 11.5 Å². The quantitative estimate of drug-likeness (QED) is 0.815. The Hall–Kier alpha value is -1.67. The summed E-state index contributed by atoms with van der Waals surface area (Å²) >= 11 is 0. The van der Waals surface area contributed by atoms with Gasteiger partial charge in [-0.3, -0.25) is 4.98 Å². The van der Waals surface area contributed by atoms with Crippen molar-refractivity contribution in [2.24, 2.45) is 5.92 Å². The van der Waals surface area contributed by atoms with Crippen LogP contribution in [0.15, 0.2) is 48.8 Å². The summed E-state index contributed by atoms with van der Waals surface area (Å²) in [5.41, 5.74) is 3.97. The molecular formula is C19H26N2. The third kappa shape index (κ3) is 4.68. The highest BCUT2D eigenvalue weighted by Crippen LogP contribution is 2.23. The Labute approximate surface area is 128 Å².